The Labute approximate surface area is 234 Å². The van der Waals surface area contributed by atoms with Gasteiger partial charge in [0.1, 0.15) is 16.8 Å². The number of carboxylic acid groups (broad SMARTS) is 1. The molecule has 1 aromatic heterocycles. The molecule has 0 fully saturated rings. The van der Waals surface area contributed by atoms with Crippen molar-refractivity contribution in [2.75, 3.05) is 13.7 Å². The van der Waals surface area contributed by atoms with Crippen molar-refractivity contribution < 1.29 is 63.2 Å². The molecule has 0 amide bonds. The largest absolute Gasteiger partial charge is 1.00 e. The minimum Gasteiger partial charge on any atom is -0.545 e. The van der Waals surface area contributed by atoms with Crippen LogP contribution in [0.4, 0.5) is 0 Å². The molecular weight excluding hydrogens is 487 g/mol. The van der Waals surface area contributed by atoms with E-state index >= 15 is 0 Å². The van der Waals surface area contributed by atoms with Crippen molar-refractivity contribution in [3.63, 3.8) is 0 Å². The van der Waals surface area contributed by atoms with E-state index in [4.69, 9.17) is 14.1 Å². The molecule has 10 heteroatoms. The first-order valence-corrected chi connectivity index (χ1v) is 11.0. The van der Waals surface area contributed by atoms with Gasteiger partial charge < -0.3 is 19.4 Å². The second kappa shape index (κ2) is 12.4. The first-order chi connectivity index (χ1) is 17.4. The van der Waals surface area contributed by atoms with Crippen LogP contribution in [0.15, 0.2) is 76.9 Å². The molecule has 0 bridgehead atoms. The van der Waals surface area contributed by atoms with Gasteiger partial charge in [-0.25, -0.2) is 9.42 Å². The number of fused-ring (bicyclic) bond motifs is 1. The summed E-state index contributed by atoms with van der Waals surface area (Å²) in [6, 6.07) is 17.3. The molecule has 0 saturated carbocycles. The van der Waals surface area contributed by atoms with Crippen molar-refractivity contribution in [3.8, 4) is 5.75 Å². The Morgan fingerprint density at radius 3 is 2.11 bits per heavy atom. The molecule has 37 heavy (non-hydrogen) atoms. The van der Waals surface area contributed by atoms with Gasteiger partial charge in [0.05, 0.1) is 25.2 Å². The van der Waals surface area contributed by atoms with Crippen LogP contribution in [0.1, 0.15) is 38.8 Å². The maximum atomic E-state index is 13.6. The molecule has 182 valence electrons. The Morgan fingerprint density at radius 2 is 1.49 bits per heavy atom. The van der Waals surface area contributed by atoms with Crippen LogP contribution in [0.2, 0.25) is 0 Å². The summed E-state index contributed by atoms with van der Waals surface area (Å²) in [5, 5.41) is 19.9. The smallest absolute Gasteiger partial charge is 0.545 e. The van der Waals surface area contributed by atoms with Crippen molar-refractivity contribution in [2.45, 2.75) is 13.3 Å². The van der Waals surface area contributed by atoms with Crippen LogP contribution in [-0.4, -0.2) is 41.8 Å². The number of benzene rings is 3. The number of ether oxygens (including phenoxy) is 2. The van der Waals surface area contributed by atoms with E-state index in [9.17, 15) is 19.5 Å². The third kappa shape index (κ3) is 6.32. The molecule has 4 rings (SSSR count). The van der Waals surface area contributed by atoms with Crippen LogP contribution in [0.25, 0.3) is 16.6 Å². The van der Waals surface area contributed by atoms with E-state index in [1.165, 1.54) is 19.2 Å². The maximum Gasteiger partial charge on any atom is 1.00 e. The standard InChI is InChI=1S/C27H22N2O7.Na/c1-3-35-27(33)18-6-4-16(5-7-18)14-21(25(30)17-8-11-20(34-2)12-9-17)24(26(31)32)19-10-13-22-23(15-19)29-36-28-22;/h4-13,15H,3,14H2,1-2H3,(H,31,32);/q;+1/p-1. The van der Waals surface area contributed by atoms with Crippen LogP contribution in [0.3, 0.4) is 0 Å². The number of Topliss-reactive ketones (excluding diaryl/α,β-unsaturated/α-hetero) is 1. The summed E-state index contributed by atoms with van der Waals surface area (Å²) in [5.74, 6) is -1.94. The van der Waals surface area contributed by atoms with Gasteiger partial charge in [-0.3, -0.25) is 4.79 Å². The first kappa shape index (κ1) is 27.8. The number of nitrogens with zero attached hydrogens (tertiary/aromatic N) is 2. The molecule has 0 aliphatic heterocycles. The Kier molecular flexibility index (Phi) is 9.35. The molecule has 9 nitrogen and oxygen atoms in total. The van der Waals surface area contributed by atoms with E-state index in [2.05, 4.69) is 10.3 Å². The minimum atomic E-state index is -1.52. The number of hydrogen-bond acceptors (Lipinski definition) is 9. The molecule has 0 aliphatic rings. The second-order valence-electron chi connectivity index (χ2n) is 7.76. The fourth-order valence-electron chi connectivity index (χ4n) is 3.73. The Bertz CT molecular complexity index is 1460. The summed E-state index contributed by atoms with van der Waals surface area (Å²) in [4.78, 5) is 38.0. The van der Waals surface area contributed by atoms with Crippen LogP contribution in [-0.2, 0) is 16.0 Å². The molecule has 0 radical (unpaired) electrons. The van der Waals surface area contributed by atoms with Gasteiger partial charge in [0.25, 0.3) is 0 Å². The number of carbonyl (C=O) groups is 3. The van der Waals surface area contributed by atoms with Crippen LogP contribution >= 0.6 is 0 Å². The van der Waals surface area contributed by atoms with Gasteiger partial charge in [0.15, 0.2) is 5.78 Å². The summed E-state index contributed by atoms with van der Waals surface area (Å²) >= 11 is 0. The number of hydrogen-bond donors (Lipinski definition) is 0. The number of carbonyl (C=O) groups excluding carboxylic acids is 3. The zero-order chi connectivity index (χ0) is 25.7. The summed E-state index contributed by atoms with van der Waals surface area (Å²) < 4.78 is 14.9. The first-order valence-electron chi connectivity index (χ1n) is 11.0. The second-order valence-corrected chi connectivity index (χ2v) is 7.76. The van der Waals surface area contributed by atoms with E-state index in [-0.39, 0.29) is 64.9 Å². The predicted molar refractivity (Wildman–Crippen MR) is 127 cm³/mol. The summed E-state index contributed by atoms with van der Waals surface area (Å²) in [6.07, 6.45) is -0.0353. The summed E-state index contributed by atoms with van der Waals surface area (Å²) in [5.41, 5.74) is 1.94. The van der Waals surface area contributed by atoms with Gasteiger partial charge in [-0.1, -0.05) is 18.2 Å². The molecule has 0 saturated heterocycles. The van der Waals surface area contributed by atoms with Gasteiger partial charge in [-0.05, 0) is 76.9 Å². The predicted octanol–water partition coefficient (Wildman–Crippen LogP) is 0.0412. The number of ketones is 1. The molecule has 0 atom stereocenters. The van der Waals surface area contributed by atoms with Gasteiger partial charge in [-0.15, -0.1) is 0 Å². The summed E-state index contributed by atoms with van der Waals surface area (Å²) in [7, 11) is 1.51. The molecule has 0 spiro atoms. The fraction of sp³-hybridized carbons (Fsp3) is 0.148. The van der Waals surface area contributed by atoms with E-state index in [0.717, 1.165) is 0 Å². The average molecular weight is 508 g/mol. The molecule has 3 aromatic carbocycles. The normalized spacial score (nSPS) is 11.3. The van der Waals surface area contributed by atoms with E-state index in [0.29, 0.717) is 27.9 Å². The van der Waals surface area contributed by atoms with Gasteiger partial charge in [0, 0.05) is 23.1 Å². The number of allylic oxidation sites excluding steroid dienone is 1. The third-order valence-electron chi connectivity index (χ3n) is 5.52. The zero-order valence-corrected chi connectivity index (χ0v) is 22.5. The van der Waals surface area contributed by atoms with Crippen molar-refractivity contribution in [2.24, 2.45) is 0 Å². The number of esters is 1. The van der Waals surface area contributed by atoms with E-state index < -0.39 is 17.7 Å². The summed E-state index contributed by atoms with van der Waals surface area (Å²) in [6.45, 7) is 1.95. The van der Waals surface area contributed by atoms with Crippen molar-refractivity contribution in [3.05, 3.63) is 94.6 Å². The molecule has 4 aromatic rings. The van der Waals surface area contributed by atoms with Crippen LogP contribution < -0.4 is 39.4 Å². The number of rotatable bonds is 9. The van der Waals surface area contributed by atoms with Gasteiger partial charge in [-0.2, -0.15) is 0 Å². The number of aliphatic carboxylic acids is 1. The topological polar surface area (TPSA) is 132 Å². The fourth-order valence-corrected chi connectivity index (χ4v) is 3.73. The Hall–Kier alpha value is -3.79. The molecule has 0 N–H and O–H groups in total. The molecular formula is C27H21N2NaO7. The SMILES string of the molecule is CCOC(=O)c1ccc(CC(C(=O)c2ccc(OC)cc2)=C(C(=O)[O-])c2ccc3nonc3c2)cc1.[Na+]. The maximum absolute atomic E-state index is 13.6. The monoisotopic (exact) mass is 508 g/mol. The number of methoxy groups -OCH3 is 1. The van der Waals surface area contributed by atoms with Crippen LogP contribution in [0.5, 0.6) is 5.75 Å². The molecule has 1 heterocycles. The Balaban J connectivity index is 0.00000380. The molecule has 0 aliphatic carbocycles. The van der Waals surface area contributed by atoms with E-state index in [1.807, 2.05) is 0 Å². The number of aromatic nitrogens is 2. The number of carboxylic acids is 1. The van der Waals surface area contributed by atoms with Gasteiger partial charge in [0.2, 0.25) is 0 Å². The average Bonchev–Trinajstić information content (AvgIpc) is 3.36. The third-order valence-corrected chi connectivity index (χ3v) is 5.52. The minimum absolute atomic E-state index is 0. The van der Waals surface area contributed by atoms with Gasteiger partial charge >= 0.3 is 35.5 Å². The van der Waals surface area contributed by atoms with Crippen molar-refractivity contribution >= 4 is 34.3 Å². The van der Waals surface area contributed by atoms with Crippen molar-refractivity contribution in [1.82, 2.24) is 10.3 Å². The Morgan fingerprint density at radius 1 is 0.865 bits per heavy atom. The van der Waals surface area contributed by atoms with Crippen molar-refractivity contribution in [1.29, 1.82) is 0 Å². The quantitative estimate of drug-likeness (QED) is 0.133. The van der Waals surface area contributed by atoms with Crippen LogP contribution in [0, 0.1) is 0 Å². The zero-order valence-electron chi connectivity index (χ0n) is 20.5. The van der Waals surface area contributed by atoms with E-state index in [1.54, 1.807) is 61.5 Å². The molecule has 0 unspecified atom stereocenters.